The molecule has 0 fully saturated rings. The van der Waals surface area contributed by atoms with E-state index < -0.39 is 27.6 Å². The predicted molar refractivity (Wildman–Crippen MR) is 211 cm³/mol. The van der Waals surface area contributed by atoms with Crippen LogP contribution in [0.5, 0.6) is 11.8 Å². The van der Waals surface area contributed by atoms with Crippen LogP contribution in [-0.2, 0) is 26.7 Å². The molecule has 0 radical (unpaired) electrons. The first kappa shape index (κ1) is 38.8. The second-order valence-electron chi connectivity index (χ2n) is 13.6. The van der Waals surface area contributed by atoms with Crippen LogP contribution in [0.25, 0.3) is 0 Å². The molecule has 1 unspecified atom stereocenters. The summed E-state index contributed by atoms with van der Waals surface area (Å²) < 4.78 is 42.8. The smallest absolute Gasteiger partial charge is 0.406 e. The Labute approximate surface area is 322 Å². The lowest BCUT2D eigenvalue weighted by Crippen LogP contribution is -2.38. The van der Waals surface area contributed by atoms with Crippen molar-refractivity contribution in [1.82, 2.24) is 24.8 Å². The number of carbonyl (C=O) groups excluding carboxylic acids is 2. The number of ether oxygens (including phenoxy) is 3. The van der Waals surface area contributed by atoms with E-state index in [-0.39, 0.29) is 35.8 Å². The van der Waals surface area contributed by atoms with E-state index in [2.05, 4.69) is 20.5 Å². The average molecular weight is 766 g/mol. The van der Waals surface area contributed by atoms with Crippen molar-refractivity contribution >= 4 is 27.7 Å². The molecule has 0 saturated heterocycles. The van der Waals surface area contributed by atoms with Crippen molar-refractivity contribution in [2.45, 2.75) is 62.9 Å². The number of nitrogens with zero attached hydrogens (tertiary/aromatic N) is 4. The van der Waals surface area contributed by atoms with Gasteiger partial charge in [-0.25, -0.2) is 28.2 Å². The molecule has 6 rings (SSSR count). The van der Waals surface area contributed by atoms with Gasteiger partial charge in [0.1, 0.15) is 23.6 Å². The maximum absolute atomic E-state index is 16.0. The minimum Gasteiger partial charge on any atom is -0.477 e. The Morgan fingerprint density at radius 2 is 1.51 bits per heavy atom. The van der Waals surface area contributed by atoms with Crippen LogP contribution in [0.1, 0.15) is 73.9 Å². The van der Waals surface area contributed by atoms with Crippen LogP contribution >= 0.6 is 0 Å². The van der Waals surface area contributed by atoms with Gasteiger partial charge in [0.2, 0.25) is 11.8 Å². The summed E-state index contributed by atoms with van der Waals surface area (Å²) >= 11 is 0. The summed E-state index contributed by atoms with van der Waals surface area (Å²) in [7, 11) is -2.44. The van der Waals surface area contributed by atoms with Gasteiger partial charge < -0.3 is 24.8 Å². The van der Waals surface area contributed by atoms with E-state index in [1.54, 1.807) is 10.7 Å². The molecule has 1 aliphatic rings. The number of aromatic nitrogens is 3. The number of hydrogen-bond donors (Lipinski definition) is 3. The summed E-state index contributed by atoms with van der Waals surface area (Å²) in [4.78, 5) is 30.9. The van der Waals surface area contributed by atoms with Crippen molar-refractivity contribution in [1.29, 1.82) is 0 Å². The summed E-state index contributed by atoms with van der Waals surface area (Å²) in [5, 5.41) is 9.92. The maximum Gasteiger partial charge on any atom is 0.406 e. The Hall–Kier alpha value is -5.89. The predicted octanol–water partition coefficient (Wildman–Crippen LogP) is 7.60. The van der Waals surface area contributed by atoms with E-state index in [1.807, 2.05) is 119 Å². The number of carbonyl (C=O) groups is 2. The van der Waals surface area contributed by atoms with E-state index in [4.69, 9.17) is 23.6 Å². The quantitative estimate of drug-likeness (QED) is 0.0817. The largest absolute Gasteiger partial charge is 0.477 e. The fourth-order valence-electron chi connectivity index (χ4n) is 6.51. The van der Waals surface area contributed by atoms with E-state index in [0.717, 1.165) is 28.7 Å². The second kappa shape index (κ2) is 17.1. The van der Waals surface area contributed by atoms with Crippen LogP contribution in [0.3, 0.4) is 0 Å². The number of amides is 3. The number of rotatable bonds is 13. The maximum atomic E-state index is 16.0. The van der Waals surface area contributed by atoms with Crippen molar-refractivity contribution in [3.63, 3.8) is 0 Å². The summed E-state index contributed by atoms with van der Waals surface area (Å²) in [6.07, 6.45) is 1.64. The summed E-state index contributed by atoms with van der Waals surface area (Å²) in [6.45, 7) is 8.95. The van der Waals surface area contributed by atoms with Gasteiger partial charge in [-0.05, 0) is 34.1 Å². The molecule has 0 spiro atoms. The van der Waals surface area contributed by atoms with Crippen molar-refractivity contribution in [3.8, 4) is 11.8 Å². The Morgan fingerprint density at radius 1 is 0.909 bits per heavy atom. The third-order valence-electron chi connectivity index (χ3n) is 9.11. The van der Waals surface area contributed by atoms with Crippen LogP contribution < -0.4 is 24.8 Å². The Morgan fingerprint density at radius 3 is 2.05 bits per heavy atom. The number of nitrogens with one attached hydrogen (secondary N) is 3. The third-order valence-corrected chi connectivity index (χ3v) is 11.0. The molecule has 3 N–H and O–H groups in total. The topological polar surface area (TPSA) is 158 Å². The molecule has 0 saturated carbocycles. The number of urea groups is 1. The van der Waals surface area contributed by atoms with Crippen LogP contribution in [0.4, 0.5) is 15.3 Å². The number of aryl methyl sites for hydroxylation is 1. The molecule has 3 aromatic carbocycles. The minimum atomic E-state index is -3.92. The van der Waals surface area contributed by atoms with E-state index >= 15 is 4.21 Å². The number of benzene rings is 3. The molecular formula is C41H47N7O6S. The van der Waals surface area contributed by atoms with Gasteiger partial charge in [0.05, 0.1) is 24.2 Å². The summed E-state index contributed by atoms with van der Waals surface area (Å²) in [5.74, 6) is 0.384. The first-order chi connectivity index (χ1) is 26.6. The molecule has 1 atom stereocenters. The van der Waals surface area contributed by atoms with Gasteiger partial charge in [0.15, 0.2) is 9.92 Å². The zero-order valence-electron chi connectivity index (χ0n) is 31.7. The summed E-state index contributed by atoms with van der Waals surface area (Å²) in [6, 6.07) is 29.9. The molecular weight excluding hydrogens is 719 g/mol. The zero-order valence-corrected chi connectivity index (χ0v) is 32.5. The monoisotopic (exact) mass is 765 g/mol. The zero-order chi connectivity index (χ0) is 39.0. The Kier molecular flexibility index (Phi) is 12.0. The third kappa shape index (κ3) is 8.44. The van der Waals surface area contributed by atoms with Gasteiger partial charge >= 0.3 is 12.1 Å². The van der Waals surface area contributed by atoms with E-state index in [0.29, 0.717) is 30.4 Å². The average Bonchev–Trinajstić information content (AvgIpc) is 3.65. The number of alkyl carbamates (subject to hydrolysis) is 1. The molecule has 288 valence electrons. The van der Waals surface area contributed by atoms with Gasteiger partial charge in [0.25, 0.3) is 0 Å². The molecule has 3 amide bonds. The normalized spacial score (nSPS) is 13.6. The molecule has 2 aromatic heterocycles. The lowest BCUT2D eigenvalue weighted by atomic mass is 9.78. The highest BCUT2D eigenvalue weighted by atomic mass is 32.2. The van der Waals surface area contributed by atoms with Gasteiger partial charge in [-0.15, -0.1) is 0 Å². The van der Waals surface area contributed by atoms with Crippen LogP contribution in [0.2, 0.25) is 0 Å². The number of pyridine rings is 1. The highest BCUT2D eigenvalue weighted by Gasteiger charge is 2.40. The summed E-state index contributed by atoms with van der Waals surface area (Å²) in [5.41, 5.74) is 2.65. The number of fused-ring (bicyclic) bond motifs is 1. The lowest BCUT2D eigenvalue weighted by Gasteiger charge is -2.33. The molecule has 13 nitrogen and oxygen atoms in total. The SMILES string of the molecule is CNC(=O)OCCOc1cc(C(C)C)c(NC(=O)NS(=O)(=NC(c2ccccc2)(c2ccccc2)c2ccccc2)c2cnn3c2OCCC3)c(C(C)C)n1. The Bertz CT molecular complexity index is 2090. The molecule has 14 heteroatoms. The molecule has 0 aliphatic carbocycles. The molecule has 1 aliphatic heterocycles. The first-order valence-corrected chi connectivity index (χ1v) is 19.8. The molecule has 0 bridgehead atoms. The second-order valence-corrected chi connectivity index (χ2v) is 15.5. The van der Waals surface area contributed by atoms with Crippen LogP contribution in [-0.4, -0.2) is 58.0 Å². The van der Waals surface area contributed by atoms with Crippen molar-refractivity contribution in [2.75, 3.05) is 32.2 Å². The molecule has 5 aromatic rings. The van der Waals surface area contributed by atoms with Crippen molar-refractivity contribution in [3.05, 3.63) is 131 Å². The molecule has 3 heterocycles. The number of anilines is 1. The van der Waals surface area contributed by atoms with Gasteiger partial charge in [-0.1, -0.05) is 119 Å². The van der Waals surface area contributed by atoms with Gasteiger partial charge in [0, 0.05) is 26.1 Å². The fourth-order valence-corrected chi connectivity index (χ4v) is 8.36. The van der Waals surface area contributed by atoms with Gasteiger partial charge in [-0.2, -0.15) is 9.46 Å². The standard InChI is InChI=1S/C41H47N7O6S/c1-28(2)33-26-35(52-24-25-54-40(50)42-5)44-36(29(3)4)37(33)45-39(49)46-55(51,34-27-43-48-22-15-23-53-38(34)48)47-41(30-16-9-6-10-17-30,31-18-11-7-12-19-31)32-20-13-8-14-21-32/h6-14,16-21,26-29H,15,22-25H2,1-5H3,(H,42,50)(H2,45,46,47,49,51). The van der Waals surface area contributed by atoms with Crippen molar-refractivity contribution < 1.29 is 28.0 Å². The van der Waals surface area contributed by atoms with E-state index in [1.165, 1.54) is 13.2 Å². The highest BCUT2D eigenvalue weighted by molar-refractivity contribution is 7.92. The Balaban J connectivity index is 1.50. The van der Waals surface area contributed by atoms with Gasteiger partial charge in [-0.3, -0.25) is 0 Å². The first-order valence-electron chi connectivity index (χ1n) is 18.3. The van der Waals surface area contributed by atoms with Crippen LogP contribution in [0.15, 0.2) is 113 Å². The lowest BCUT2D eigenvalue weighted by molar-refractivity contribution is 0.125. The minimum absolute atomic E-state index is 0.0222. The highest BCUT2D eigenvalue weighted by Crippen LogP contribution is 2.43. The van der Waals surface area contributed by atoms with E-state index in [9.17, 15) is 9.59 Å². The fraction of sp³-hybridized carbons (Fsp3) is 0.317. The molecule has 55 heavy (non-hydrogen) atoms. The van der Waals surface area contributed by atoms with Crippen LogP contribution in [0, 0.1) is 0 Å². The van der Waals surface area contributed by atoms with Crippen molar-refractivity contribution in [2.24, 2.45) is 4.36 Å². The number of hydrogen-bond acceptors (Lipinski definition) is 9.